The Kier molecular flexibility index (Phi) is 4.26. The normalized spacial score (nSPS) is 12.2. The second kappa shape index (κ2) is 5.73. The van der Waals surface area contributed by atoms with Gasteiger partial charge in [-0.1, -0.05) is 32.9 Å². The van der Waals surface area contributed by atoms with Gasteiger partial charge in [0, 0.05) is 13.2 Å². The Morgan fingerprint density at radius 1 is 1.17 bits per heavy atom. The van der Waals surface area contributed by atoms with Crippen LogP contribution >= 0.6 is 0 Å². The summed E-state index contributed by atoms with van der Waals surface area (Å²) in [6, 6.07) is 8.37. The van der Waals surface area contributed by atoms with Crippen molar-refractivity contribution in [1.82, 2.24) is 4.98 Å². The van der Waals surface area contributed by atoms with Gasteiger partial charge < -0.3 is 10.1 Å². The summed E-state index contributed by atoms with van der Waals surface area (Å²) in [7, 11) is -2.37. The van der Waals surface area contributed by atoms with Crippen LogP contribution in [0, 0.1) is 0 Å². The molecular formula is C16H20N2O4S. The predicted molar refractivity (Wildman–Crippen MR) is 88.5 cm³/mol. The maximum Gasteiger partial charge on any atom is 0.352 e. The molecule has 0 radical (unpaired) electrons. The van der Waals surface area contributed by atoms with Gasteiger partial charge in [0.15, 0.2) is 0 Å². The highest BCUT2D eigenvalue weighted by Crippen LogP contribution is 2.27. The molecule has 2 aromatic rings. The Morgan fingerprint density at radius 3 is 2.17 bits per heavy atom. The van der Waals surface area contributed by atoms with Gasteiger partial charge in [0.05, 0.1) is 5.69 Å². The molecule has 23 heavy (non-hydrogen) atoms. The number of benzene rings is 1. The van der Waals surface area contributed by atoms with E-state index in [1.54, 1.807) is 12.1 Å². The molecule has 0 atom stereocenters. The molecule has 0 saturated heterocycles. The number of aromatic carboxylic acids is 1. The lowest BCUT2D eigenvalue weighted by Gasteiger charge is -2.22. The van der Waals surface area contributed by atoms with Gasteiger partial charge in [-0.25, -0.2) is 13.2 Å². The Hall–Kier alpha value is -2.28. The van der Waals surface area contributed by atoms with Crippen molar-refractivity contribution in [2.75, 3.05) is 11.4 Å². The van der Waals surface area contributed by atoms with Gasteiger partial charge in [0.1, 0.15) is 10.6 Å². The highest BCUT2D eigenvalue weighted by atomic mass is 32.2. The summed E-state index contributed by atoms with van der Waals surface area (Å²) >= 11 is 0. The van der Waals surface area contributed by atoms with Crippen LogP contribution in [0.1, 0.15) is 36.8 Å². The van der Waals surface area contributed by atoms with Crippen molar-refractivity contribution in [2.24, 2.45) is 0 Å². The number of H-pyrrole nitrogens is 1. The van der Waals surface area contributed by atoms with E-state index in [1.807, 2.05) is 12.1 Å². The number of nitrogens with one attached hydrogen (secondary N) is 1. The summed E-state index contributed by atoms with van der Waals surface area (Å²) in [5.74, 6) is -1.20. The third-order valence-corrected chi connectivity index (χ3v) is 5.41. The summed E-state index contributed by atoms with van der Waals surface area (Å²) in [6.07, 6.45) is 1.18. The van der Waals surface area contributed by atoms with Crippen LogP contribution < -0.4 is 4.31 Å². The average Bonchev–Trinajstić information content (AvgIpc) is 2.96. The summed E-state index contributed by atoms with van der Waals surface area (Å²) < 4.78 is 26.3. The van der Waals surface area contributed by atoms with Crippen molar-refractivity contribution in [3.05, 3.63) is 47.8 Å². The molecular weight excluding hydrogens is 316 g/mol. The Bertz CT molecular complexity index is 815. The van der Waals surface area contributed by atoms with Gasteiger partial charge in [-0.2, -0.15) is 0 Å². The van der Waals surface area contributed by atoms with Gasteiger partial charge in [-0.15, -0.1) is 0 Å². The number of anilines is 1. The third-order valence-electron chi connectivity index (χ3n) is 3.64. The number of nitrogens with zero attached hydrogens (tertiary/aromatic N) is 1. The fourth-order valence-electron chi connectivity index (χ4n) is 2.12. The van der Waals surface area contributed by atoms with Crippen molar-refractivity contribution < 1.29 is 18.3 Å². The van der Waals surface area contributed by atoms with Crippen LogP contribution in [0.5, 0.6) is 0 Å². The van der Waals surface area contributed by atoms with Crippen LogP contribution in [0.3, 0.4) is 0 Å². The monoisotopic (exact) mass is 336 g/mol. The number of carbonyl (C=O) groups is 1. The first-order chi connectivity index (χ1) is 10.5. The molecule has 0 bridgehead atoms. The third kappa shape index (κ3) is 3.39. The van der Waals surface area contributed by atoms with Crippen LogP contribution in [0.4, 0.5) is 5.69 Å². The zero-order valence-electron chi connectivity index (χ0n) is 13.5. The molecule has 0 aliphatic heterocycles. The fraction of sp³-hybridized carbons (Fsp3) is 0.312. The number of carboxylic acid groups (broad SMARTS) is 1. The van der Waals surface area contributed by atoms with Crippen LogP contribution in [0.25, 0.3) is 0 Å². The first-order valence-corrected chi connectivity index (χ1v) is 8.48. The summed E-state index contributed by atoms with van der Waals surface area (Å²) in [6.45, 7) is 6.24. The van der Waals surface area contributed by atoms with Crippen LogP contribution in [0.15, 0.2) is 41.4 Å². The van der Waals surface area contributed by atoms with Crippen LogP contribution in [0.2, 0.25) is 0 Å². The number of aromatic amines is 1. The maximum absolute atomic E-state index is 12.6. The Balaban J connectivity index is 2.34. The second-order valence-corrected chi connectivity index (χ2v) is 8.29. The summed E-state index contributed by atoms with van der Waals surface area (Å²) in [5, 5.41) is 8.89. The van der Waals surface area contributed by atoms with E-state index in [1.165, 1.54) is 13.2 Å². The van der Waals surface area contributed by atoms with Crippen molar-refractivity contribution in [2.45, 2.75) is 31.1 Å². The van der Waals surface area contributed by atoms with Crippen LogP contribution in [-0.2, 0) is 15.4 Å². The standard InChI is InChI=1S/C16H20N2O4S/c1-16(2,3)11-5-7-12(8-6-11)18(4)23(21,22)13-9-14(15(19)20)17-10-13/h5-10,17H,1-4H3,(H,19,20). The van der Waals surface area contributed by atoms with Gasteiger partial charge >= 0.3 is 5.97 Å². The molecule has 2 N–H and O–H groups in total. The topological polar surface area (TPSA) is 90.5 Å². The lowest BCUT2D eigenvalue weighted by molar-refractivity contribution is 0.0691. The van der Waals surface area contributed by atoms with Gasteiger partial charge in [0.2, 0.25) is 0 Å². The minimum Gasteiger partial charge on any atom is -0.477 e. The van der Waals surface area contributed by atoms with Crippen LogP contribution in [-0.4, -0.2) is 31.5 Å². The molecule has 0 saturated carbocycles. The van der Waals surface area contributed by atoms with E-state index in [2.05, 4.69) is 25.8 Å². The quantitative estimate of drug-likeness (QED) is 0.898. The molecule has 1 aromatic carbocycles. The number of aromatic nitrogens is 1. The molecule has 7 heteroatoms. The van der Waals surface area contributed by atoms with E-state index in [4.69, 9.17) is 5.11 Å². The zero-order chi connectivity index (χ0) is 17.4. The van der Waals surface area contributed by atoms with E-state index in [0.717, 1.165) is 15.9 Å². The van der Waals surface area contributed by atoms with Gasteiger partial charge in [0.25, 0.3) is 10.0 Å². The smallest absolute Gasteiger partial charge is 0.352 e. The van der Waals surface area contributed by atoms with Crippen molar-refractivity contribution in [1.29, 1.82) is 0 Å². The van der Waals surface area contributed by atoms with Crippen molar-refractivity contribution >= 4 is 21.7 Å². The SMILES string of the molecule is CN(c1ccc(C(C)(C)C)cc1)S(=O)(=O)c1c[nH]c(C(=O)O)c1. The Morgan fingerprint density at radius 2 is 1.74 bits per heavy atom. The largest absolute Gasteiger partial charge is 0.477 e. The minimum atomic E-state index is -3.81. The number of rotatable bonds is 4. The molecule has 124 valence electrons. The summed E-state index contributed by atoms with van der Waals surface area (Å²) in [5.41, 5.74) is 1.42. The molecule has 0 spiro atoms. The molecule has 0 unspecified atom stereocenters. The lowest BCUT2D eigenvalue weighted by atomic mass is 9.87. The minimum absolute atomic E-state index is 0.0208. The zero-order valence-corrected chi connectivity index (χ0v) is 14.3. The number of sulfonamides is 1. The first-order valence-electron chi connectivity index (χ1n) is 7.04. The molecule has 1 heterocycles. The first kappa shape index (κ1) is 17.1. The molecule has 1 aromatic heterocycles. The molecule has 0 aliphatic rings. The van der Waals surface area contributed by atoms with Crippen molar-refractivity contribution in [3.8, 4) is 0 Å². The highest BCUT2D eigenvalue weighted by Gasteiger charge is 2.24. The number of carboxylic acids is 1. The van der Waals surface area contributed by atoms with Crippen molar-refractivity contribution in [3.63, 3.8) is 0 Å². The molecule has 0 fully saturated rings. The maximum atomic E-state index is 12.6. The predicted octanol–water partition coefficient (Wildman–Crippen LogP) is 2.84. The number of hydrogen-bond acceptors (Lipinski definition) is 3. The molecule has 6 nitrogen and oxygen atoms in total. The van der Waals surface area contributed by atoms with Gasteiger partial charge in [-0.3, -0.25) is 4.31 Å². The molecule has 0 aliphatic carbocycles. The number of hydrogen-bond donors (Lipinski definition) is 2. The highest BCUT2D eigenvalue weighted by molar-refractivity contribution is 7.92. The van der Waals surface area contributed by atoms with E-state index in [9.17, 15) is 13.2 Å². The fourth-order valence-corrected chi connectivity index (χ4v) is 3.31. The summed E-state index contributed by atoms with van der Waals surface area (Å²) in [4.78, 5) is 13.2. The average molecular weight is 336 g/mol. The Labute approximate surface area is 135 Å². The second-order valence-electron chi connectivity index (χ2n) is 6.32. The molecule has 0 amide bonds. The van der Waals surface area contributed by atoms with E-state index in [-0.39, 0.29) is 16.0 Å². The van der Waals surface area contributed by atoms with E-state index < -0.39 is 16.0 Å². The molecule has 2 rings (SSSR count). The van der Waals surface area contributed by atoms with E-state index in [0.29, 0.717) is 5.69 Å². The lowest BCUT2D eigenvalue weighted by Crippen LogP contribution is -2.26. The van der Waals surface area contributed by atoms with Gasteiger partial charge in [-0.05, 0) is 29.2 Å². The van der Waals surface area contributed by atoms with E-state index >= 15 is 0 Å².